The first-order valence-corrected chi connectivity index (χ1v) is 6.60. The summed E-state index contributed by atoms with van der Waals surface area (Å²) in [4.78, 5) is 4.56. The second-order valence-corrected chi connectivity index (χ2v) is 4.82. The molecule has 1 aromatic heterocycles. The van der Waals surface area contributed by atoms with Gasteiger partial charge in [0.15, 0.2) is 0 Å². The van der Waals surface area contributed by atoms with E-state index in [4.69, 9.17) is 0 Å². The van der Waals surface area contributed by atoms with Crippen molar-refractivity contribution in [3.05, 3.63) is 11.9 Å². The monoisotopic (exact) mass is 221 g/mol. The van der Waals surface area contributed by atoms with Crippen molar-refractivity contribution in [2.45, 2.75) is 65.0 Å². The van der Waals surface area contributed by atoms with E-state index in [0.717, 1.165) is 18.2 Å². The lowest BCUT2D eigenvalue weighted by atomic mass is 10.1. The van der Waals surface area contributed by atoms with Gasteiger partial charge in [-0.1, -0.05) is 25.7 Å². The molecule has 0 bridgehead atoms. The molecule has 0 aromatic carbocycles. The number of hydrogen-bond donors (Lipinski definition) is 1. The van der Waals surface area contributed by atoms with Crippen LogP contribution in [0.4, 0.5) is 5.95 Å². The van der Waals surface area contributed by atoms with Crippen LogP contribution in [0.2, 0.25) is 0 Å². The minimum absolute atomic E-state index is 0.634. The van der Waals surface area contributed by atoms with E-state index < -0.39 is 0 Å². The third-order valence-electron chi connectivity index (χ3n) is 3.43. The van der Waals surface area contributed by atoms with Gasteiger partial charge in [-0.2, -0.15) is 0 Å². The fraction of sp³-hybridized carbons (Fsp3) is 0.769. The van der Waals surface area contributed by atoms with Crippen molar-refractivity contribution >= 4 is 5.95 Å². The Bertz CT molecular complexity index is 322. The molecule has 0 aliphatic heterocycles. The van der Waals surface area contributed by atoms with E-state index in [1.165, 1.54) is 38.5 Å². The standard InChI is InChI=1S/C13H23N3/c1-3-16-10-11(2)14-13(16)15-12-8-6-4-5-7-9-12/h10,12H,3-9H2,1-2H3,(H,14,15). The molecule has 1 saturated carbocycles. The van der Waals surface area contributed by atoms with Crippen LogP contribution in [0.3, 0.4) is 0 Å². The summed E-state index contributed by atoms with van der Waals surface area (Å²) in [6.07, 6.45) is 10.3. The second kappa shape index (κ2) is 5.37. The molecule has 2 rings (SSSR count). The van der Waals surface area contributed by atoms with Crippen LogP contribution >= 0.6 is 0 Å². The van der Waals surface area contributed by atoms with Gasteiger partial charge in [-0.3, -0.25) is 0 Å². The SMILES string of the molecule is CCn1cc(C)nc1NC1CCCCCC1. The number of aromatic nitrogens is 2. The Balaban J connectivity index is 2.01. The van der Waals surface area contributed by atoms with Crippen LogP contribution in [0, 0.1) is 6.92 Å². The van der Waals surface area contributed by atoms with E-state index in [1.807, 2.05) is 0 Å². The molecule has 90 valence electrons. The van der Waals surface area contributed by atoms with Crippen molar-refractivity contribution in [3.63, 3.8) is 0 Å². The zero-order valence-electron chi connectivity index (χ0n) is 10.5. The van der Waals surface area contributed by atoms with E-state index in [9.17, 15) is 0 Å². The summed E-state index contributed by atoms with van der Waals surface area (Å²) >= 11 is 0. The van der Waals surface area contributed by atoms with Gasteiger partial charge < -0.3 is 9.88 Å². The molecule has 1 heterocycles. The average molecular weight is 221 g/mol. The first-order valence-electron chi connectivity index (χ1n) is 6.60. The highest BCUT2D eigenvalue weighted by Crippen LogP contribution is 2.20. The first kappa shape index (κ1) is 11.5. The molecule has 0 radical (unpaired) electrons. The Hall–Kier alpha value is -0.990. The van der Waals surface area contributed by atoms with Gasteiger partial charge in [0.05, 0.1) is 5.69 Å². The predicted molar refractivity (Wildman–Crippen MR) is 67.8 cm³/mol. The fourth-order valence-electron chi connectivity index (χ4n) is 2.51. The Morgan fingerprint density at radius 2 is 2.00 bits per heavy atom. The molecule has 1 aromatic rings. The molecule has 0 unspecified atom stereocenters. The van der Waals surface area contributed by atoms with Gasteiger partial charge in [-0.15, -0.1) is 0 Å². The minimum Gasteiger partial charge on any atom is -0.353 e. The number of rotatable bonds is 3. The lowest BCUT2D eigenvalue weighted by molar-refractivity contribution is 0.606. The summed E-state index contributed by atoms with van der Waals surface area (Å²) in [6.45, 7) is 5.22. The molecule has 1 fully saturated rings. The maximum absolute atomic E-state index is 4.56. The van der Waals surface area contributed by atoms with Crippen LogP contribution in [-0.4, -0.2) is 15.6 Å². The molecule has 16 heavy (non-hydrogen) atoms. The molecule has 0 atom stereocenters. The number of anilines is 1. The quantitative estimate of drug-likeness (QED) is 0.793. The van der Waals surface area contributed by atoms with Gasteiger partial charge in [-0.25, -0.2) is 4.98 Å². The number of aryl methyl sites for hydroxylation is 2. The van der Waals surface area contributed by atoms with Gasteiger partial charge in [0.25, 0.3) is 0 Å². The Morgan fingerprint density at radius 3 is 2.62 bits per heavy atom. The topological polar surface area (TPSA) is 29.9 Å². The van der Waals surface area contributed by atoms with E-state index >= 15 is 0 Å². The molecule has 3 heteroatoms. The van der Waals surface area contributed by atoms with Crippen LogP contribution in [0.25, 0.3) is 0 Å². The molecule has 1 N–H and O–H groups in total. The van der Waals surface area contributed by atoms with Gasteiger partial charge >= 0.3 is 0 Å². The van der Waals surface area contributed by atoms with Crippen molar-refractivity contribution in [1.29, 1.82) is 0 Å². The van der Waals surface area contributed by atoms with E-state index in [1.54, 1.807) is 0 Å². The van der Waals surface area contributed by atoms with E-state index in [2.05, 4.69) is 34.9 Å². The van der Waals surface area contributed by atoms with Crippen LogP contribution in [0.1, 0.15) is 51.1 Å². The fourth-order valence-corrected chi connectivity index (χ4v) is 2.51. The van der Waals surface area contributed by atoms with Gasteiger partial charge in [-0.05, 0) is 26.7 Å². The highest BCUT2D eigenvalue weighted by molar-refractivity contribution is 5.30. The number of nitrogens with one attached hydrogen (secondary N) is 1. The largest absolute Gasteiger partial charge is 0.353 e. The number of imidazole rings is 1. The van der Waals surface area contributed by atoms with Crippen molar-refractivity contribution in [2.75, 3.05) is 5.32 Å². The van der Waals surface area contributed by atoms with Crippen molar-refractivity contribution in [3.8, 4) is 0 Å². The van der Waals surface area contributed by atoms with Crippen LogP contribution in [0.15, 0.2) is 6.20 Å². The first-order chi connectivity index (χ1) is 7.79. The van der Waals surface area contributed by atoms with Gasteiger partial charge in [0, 0.05) is 18.8 Å². The third-order valence-corrected chi connectivity index (χ3v) is 3.43. The van der Waals surface area contributed by atoms with Crippen LogP contribution in [-0.2, 0) is 6.54 Å². The zero-order chi connectivity index (χ0) is 11.4. The Labute approximate surface area is 98.3 Å². The summed E-state index contributed by atoms with van der Waals surface area (Å²) < 4.78 is 2.21. The van der Waals surface area contributed by atoms with Gasteiger partial charge in [0.2, 0.25) is 5.95 Å². The van der Waals surface area contributed by atoms with Crippen molar-refractivity contribution in [2.24, 2.45) is 0 Å². The maximum Gasteiger partial charge on any atom is 0.203 e. The molecule has 3 nitrogen and oxygen atoms in total. The molecule has 0 spiro atoms. The summed E-state index contributed by atoms with van der Waals surface area (Å²) in [5, 5.41) is 3.61. The average Bonchev–Trinajstić information content (AvgIpc) is 2.49. The number of nitrogens with zero attached hydrogens (tertiary/aromatic N) is 2. The molecular formula is C13H23N3. The summed E-state index contributed by atoms with van der Waals surface area (Å²) in [7, 11) is 0. The summed E-state index contributed by atoms with van der Waals surface area (Å²) in [5.74, 6) is 1.06. The van der Waals surface area contributed by atoms with Gasteiger partial charge in [0.1, 0.15) is 0 Å². The molecular weight excluding hydrogens is 198 g/mol. The Kier molecular flexibility index (Phi) is 3.86. The highest BCUT2D eigenvalue weighted by atomic mass is 15.2. The van der Waals surface area contributed by atoms with Crippen molar-refractivity contribution < 1.29 is 0 Å². The third kappa shape index (κ3) is 2.77. The number of hydrogen-bond acceptors (Lipinski definition) is 2. The molecule has 1 aliphatic rings. The molecule has 1 aliphatic carbocycles. The van der Waals surface area contributed by atoms with Crippen molar-refractivity contribution in [1.82, 2.24) is 9.55 Å². The summed E-state index contributed by atoms with van der Waals surface area (Å²) in [5.41, 5.74) is 1.11. The maximum atomic E-state index is 4.56. The lowest BCUT2D eigenvalue weighted by Gasteiger charge is -2.17. The minimum atomic E-state index is 0.634. The lowest BCUT2D eigenvalue weighted by Crippen LogP contribution is -2.20. The predicted octanol–water partition coefficient (Wildman–Crippen LogP) is 3.35. The summed E-state index contributed by atoms with van der Waals surface area (Å²) in [6, 6.07) is 0.634. The Morgan fingerprint density at radius 1 is 1.31 bits per heavy atom. The van der Waals surface area contributed by atoms with Crippen LogP contribution in [0.5, 0.6) is 0 Å². The van der Waals surface area contributed by atoms with E-state index in [-0.39, 0.29) is 0 Å². The second-order valence-electron chi connectivity index (χ2n) is 4.82. The molecule has 0 saturated heterocycles. The normalized spacial score (nSPS) is 18.4. The highest BCUT2D eigenvalue weighted by Gasteiger charge is 2.14. The molecule has 0 amide bonds. The zero-order valence-corrected chi connectivity index (χ0v) is 10.5. The smallest absolute Gasteiger partial charge is 0.203 e. The van der Waals surface area contributed by atoms with Crippen LogP contribution < -0.4 is 5.32 Å². The van der Waals surface area contributed by atoms with E-state index in [0.29, 0.717) is 6.04 Å².